The highest BCUT2D eigenvalue weighted by Gasteiger charge is 2.38. The van der Waals surface area contributed by atoms with Crippen molar-refractivity contribution in [2.24, 2.45) is 5.92 Å². The van der Waals surface area contributed by atoms with Crippen molar-refractivity contribution < 1.29 is 13.2 Å². The Morgan fingerprint density at radius 2 is 1.94 bits per heavy atom. The Kier molecular flexibility index (Phi) is 3.19. The fraction of sp³-hybridized carbons (Fsp3) is 0.417. The standard InChI is InChI=1S/C12H15NO3S/c1-2-10-8-9-13(12(10)14)17(15,16)11-6-4-3-5-7-11/h3-7,10H,2,8-9H2,1H3/t10-/m0/s1. The lowest BCUT2D eigenvalue weighted by molar-refractivity contribution is -0.127. The summed E-state index contributed by atoms with van der Waals surface area (Å²) in [6.45, 7) is 2.20. The van der Waals surface area contributed by atoms with E-state index in [1.165, 1.54) is 12.1 Å². The van der Waals surface area contributed by atoms with Gasteiger partial charge in [-0.1, -0.05) is 25.1 Å². The summed E-state index contributed by atoms with van der Waals surface area (Å²) in [5.41, 5.74) is 0. The van der Waals surface area contributed by atoms with Crippen LogP contribution in [0.25, 0.3) is 0 Å². The number of carbonyl (C=O) groups is 1. The summed E-state index contributed by atoms with van der Waals surface area (Å²) >= 11 is 0. The quantitative estimate of drug-likeness (QED) is 0.822. The highest BCUT2D eigenvalue weighted by molar-refractivity contribution is 7.89. The van der Waals surface area contributed by atoms with E-state index in [1.807, 2.05) is 6.92 Å². The maximum absolute atomic E-state index is 12.2. The fourth-order valence-electron chi connectivity index (χ4n) is 2.05. The highest BCUT2D eigenvalue weighted by atomic mass is 32.2. The Hall–Kier alpha value is -1.36. The number of benzene rings is 1. The molecule has 1 aliphatic heterocycles. The SMILES string of the molecule is CC[C@H]1CCN(S(=O)(=O)c2ccccc2)C1=O. The fourth-order valence-corrected chi connectivity index (χ4v) is 3.53. The normalized spacial score (nSPS) is 20.9. The van der Waals surface area contributed by atoms with E-state index in [1.54, 1.807) is 18.2 Å². The molecule has 1 heterocycles. The van der Waals surface area contributed by atoms with Crippen molar-refractivity contribution in [3.05, 3.63) is 30.3 Å². The van der Waals surface area contributed by atoms with Gasteiger partial charge in [0.2, 0.25) is 5.91 Å². The zero-order valence-electron chi connectivity index (χ0n) is 9.67. The molecule has 1 fully saturated rings. The van der Waals surface area contributed by atoms with Crippen molar-refractivity contribution in [1.82, 2.24) is 4.31 Å². The Balaban J connectivity index is 2.33. The number of sulfonamides is 1. The van der Waals surface area contributed by atoms with Gasteiger partial charge in [0.25, 0.3) is 10.0 Å². The summed E-state index contributed by atoms with van der Waals surface area (Å²) < 4.78 is 25.4. The van der Waals surface area contributed by atoms with Crippen molar-refractivity contribution in [3.8, 4) is 0 Å². The van der Waals surface area contributed by atoms with E-state index in [0.29, 0.717) is 19.4 Å². The highest BCUT2D eigenvalue weighted by Crippen LogP contribution is 2.27. The van der Waals surface area contributed by atoms with E-state index in [9.17, 15) is 13.2 Å². The molecule has 0 spiro atoms. The van der Waals surface area contributed by atoms with Crippen LogP contribution in [0.4, 0.5) is 0 Å². The van der Waals surface area contributed by atoms with E-state index in [4.69, 9.17) is 0 Å². The average Bonchev–Trinajstić information content (AvgIpc) is 2.72. The zero-order valence-corrected chi connectivity index (χ0v) is 10.5. The van der Waals surface area contributed by atoms with Crippen molar-refractivity contribution in [2.45, 2.75) is 24.7 Å². The van der Waals surface area contributed by atoms with Crippen molar-refractivity contribution in [1.29, 1.82) is 0 Å². The van der Waals surface area contributed by atoms with Crippen LogP contribution < -0.4 is 0 Å². The topological polar surface area (TPSA) is 54.5 Å². The minimum absolute atomic E-state index is 0.145. The van der Waals surface area contributed by atoms with Gasteiger partial charge in [0.05, 0.1) is 4.90 Å². The molecule has 1 amide bonds. The smallest absolute Gasteiger partial charge is 0.266 e. The number of hydrogen-bond donors (Lipinski definition) is 0. The van der Waals surface area contributed by atoms with Gasteiger partial charge in [0.1, 0.15) is 0 Å². The second-order valence-electron chi connectivity index (χ2n) is 4.12. The molecule has 0 saturated carbocycles. The van der Waals surface area contributed by atoms with Crippen LogP contribution in [0.5, 0.6) is 0 Å². The molecule has 1 atom stereocenters. The lowest BCUT2D eigenvalue weighted by Gasteiger charge is -2.16. The predicted molar refractivity (Wildman–Crippen MR) is 63.7 cm³/mol. The molecular formula is C12H15NO3S. The van der Waals surface area contributed by atoms with Crippen LogP contribution in [0.3, 0.4) is 0 Å². The summed E-state index contributed by atoms with van der Waals surface area (Å²) in [5, 5.41) is 0. The number of rotatable bonds is 3. The molecule has 5 heteroatoms. The van der Waals surface area contributed by atoms with E-state index >= 15 is 0 Å². The molecule has 0 aliphatic carbocycles. The monoisotopic (exact) mass is 253 g/mol. The van der Waals surface area contributed by atoms with Crippen LogP contribution in [0.2, 0.25) is 0 Å². The predicted octanol–water partition coefficient (Wildman–Crippen LogP) is 1.63. The molecule has 0 radical (unpaired) electrons. The first kappa shape index (κ1) is 12.1. The molecule has 17 heavy (non-hydrogen) atoms. The summed E-state index contributed by atoms with van der Waals surface area (Å²) in [5.74, 6) is -0.412. The second kappa shape index (κ2) is 4.49. The van der Waals surface area contributed by atoms with Crippen LogP contribution in [-0.4, -0.2) is 25.2 Å². The van der Waals surface area contributed by atoms with Gasteiger partial charge in [0, 0.05) is 12.5 Å². The minimum atomic E-state index is -3.65. The lowest BCUT2D eigenvalue weighted by Crippen LogP contribution is -2.33. The van der Waals surface area contributed by atoms with Gasteiger partial charge in [0.15, 0.2) is 0 Å². The van der Waals surface area contributed by atoms with E-state index in [0.717, 1.165) is 4.31 Å². The third-order valence-electron chi connectivity index (χ3n) is 3.10. The molecule has 2 rings (SSSR count). The minimum Gasteiger partial charge on any atom is -0.273 e. The van der Waals surface area contributed by atoms with Crippen LogP contribution in [0.15, 0.2) is 35.2 Å². The van der Waals surface area contributed by atoms with Crippen molar-refractivity contribution in [2.75, 3.05) is 6.54 Å². The van der Waals surface area contributed by atoms with Crippen LogP contribution in [0.1, 0.15) is 19.8 Å². The maximum atomic E-state index is 12.2. The molecular weight excluding hydrogens is 238 g/mol. The van der Waals surface area contributed by atoms with Crippen molar-refractivity contribution >= 4 is 15.9 Å². The molecule has 0 bridgehead atoms. The zero-order chi connectivity index (χ0) is 12.5. The van der Waals surface area contributed by atoms with Gasteiger partial charge in [-0.25, -0.2) is 12.7 Å². The summed E-state index contributed by atoms with van der Waals surface area (Å²) in [4.78, 5) is 12.1. The number of nitrogens with zero attached hydrogens (tertiary/aromatic N) is 1. The average molecular weight is 253 g/mol. The Morgan fingerprint density at radius 1 is 1.29 bits per heavy atom. The van der Waals surface area contributed by atoms with Crippen molar-refractivity contribution in [3.63, 3.8) is 0 Å². The first-order chi connectivity index (χ1) is 8.07. The molecule has 1 aliphatic rings. The number of carbonyl (C=O) groups excluding carboxylic acids is 1. The maximum Gasteiger partial charge on any atom is 0.266 e. The number of hydrogen-bond acceptors (Lipinski definition) is 3. The first-order valence-electron chi connectivity index (χ1n) is 5.69. The summed E-state index contributed by atoms with van der Waals surface area (Å²) in [6, 6.07) is 8.10. The van der Waals surface area contributed by atoms with Crippen LogP contribution in [0, 0.1) is 5.92 Å². The lowest BCUT2D eigenvalue weighted by atomic mass is 10.1. The summed E-state index contributed by atoms with van der Waals surface area (Å²) in [6.07, 6.45) is 1.32. The molecule has 0 aromatic heterocycles. The first-order valence-corrected chi connectivity index (χ1v) is 7.13. The van der Waals surface area contributed by atoms with E-state index in [-0.39, 0.29) is 16.7 Å². The Bertz CT molecular complexity index is 510. The van der Waals surface area contributed by atoms with Gasteiger partial charge in [-0.3, -0.25) is 4.79 Å². The van der Waals surface area contributed by atoms with Crippen LogP contribution in [-0.2, 0) is 14.8 Å². The Morgan fingerprint density at radius 3 is 2.47 bits per heavy atom. The second-order valence-corrected chi connectivity index (χ2v) is 5.98. The largest absolute Gasteiger partial charge is 0.273 e. The third-order valence-corrected chi connectivity index (χ3v) is 4.91. The van der Waals surface area contributed by atoms with Gasteiger partial charge in [-0.15, -0.1) is 0 Å². The molecule has 1 aromatic carbocycles. The molecule has 92 valence electrons. The van der Waals surface area contributed by atoms with Gasteiger partial charge >= 0.3 is 0 Å². The number of amides is 1. The van der Waals surface area contributed by atoms with E-state index < -0.39 is 10.0 Å². The van der Waals surface area contributed by atoms with Crippen LogP contribution >= 0.6 is 0 Å². The Labute approximate surface area is 101 Å². The third kappa shape index (κ3) is 2.07. The molecule has 1 saturated heterocycles. The van der Waals surface area contributed by atoms with E-state index in [2.05, 4.69) is 0 Å². The molecule has 0 unspecified atom stereocenters. The molecule has 0 N–H and O–H groups in total. The summed E-state index contributed by atoms with van der Waals surface area (Å²) in [7, 11) is -3.65. The van der Waals surface area contributed by atoms with Gasteiger partial charge < -0.3 is 0 Å². The molecule has 1 aromatic rings. The van der Waals surface area contributed by atoms with Gasteiger partial charge in [-0.05, 0) is 25.0 Å². The van der Waals surface area contributed by atoms with Gasteiger partial charge in [-0.2, -0.15) is 0 Å². The molecule has 4 nitrogen and oxygen atoms in total.